The van der Waals surface area contributed by atoms with Crippen molar-refractivity contribution in [3.63, 3.8) is 0 Å². The van der Waals surface area contributed by atoms with Gasteiger partial charge in [0.2, 0.25) is 17.6 Å². The van der Waals surface area contributed by atoms with E-state index in [0.29, 0.717) is 16.8 Å². The van der Waals surface area contributed by atoms with Gasteiger partial charge in [-0.25, -0.2) is 9.50 Å². The molecule has 1 aliphatic rings. The Morgan fingerprint density at radius 3 is 2.61 bits per heavy atom. The highest BCUT2D eigenvalue weighted by Crippen LogP contribution is 2.34. The molecule has 0 atom stereocenters. The number of nitrogens with one attached hydrogen (secondary N) is 1. The maximum atomic E-state index is 15.7. The Bertz CT molecular complexity index is 1700. The number of aromatic nitrogens is 8. The fourth-order valence-corrected chi connectivity index (χ4v) is 3.95. The van der Waals surface area contributed by atoms with Crippen LogP contribution in [0.15, 0.2) is 49.1 Å². The highest BCUT2D eigenvalue weighted by atomic mass is 19.3. The maximum absolute atomic E-state index is 15.7. The van der Waals surface area contributed by atoms with E-state index in [4.69, 9.17) is 0 Å². The lowest BCUT2D eigenvalue weighted by Crippen LogP contribution is -2.26. The molecular weight excluding hydrogens is 498 g/mol. The van der Waals surface area contributed by atoms with Gasteiger partial charge in [0.05, 0.1) is 12.4 Å². The zero-order valence-corrected chi connectivity index (χ0v) is 20.4. The molecule has 1 fully saturated rings. The average Bonchev–Trinajstić information content (AvgIpc) is 3.29. The number of amides is 2. The van der Waals surface area contributed by atoms with E-state index >= 15 is 8.78 Å². The van der Waals surface area contributed by atoms with Crippen LogP contribution in [0.1, 0.15) is 24.4 Å². The van der Waals surface area contributed by atoms with Crippen LogP contribution in [0.5, 0.6) is 0 Å². The minimum atomic E-state index is -3.60. The quantitative estimate of drug-likeness (QED) is 0.349. The van der Waals surface area contributed by atoms with Gasteiger partial charge < -0.3 is 10.2 Å². The molecule has 0 saturated heterocycles. The van der Waals surface area contributed by atoms with E-state index in [1.165, 1.54) is 43.0 Å². The summed E-state index contributed by atoms with van der Waals surface area (Å²) in [5.41, 5.74) is 1.21. The van der Waals surface area contributed by atoms with E-state index in [1.54, 1.807) is 38.6 Å². The molecule has 1 N–H and O–H groups in total. The van der Waals surface area contributed by atoms with Crippen LogP contribution >= 0.6 is 0 Å². The molecule has 0 unspecified atom stereocenters. The van der Waals surface area contributed by atoms with Crippen molar-refractivity contribution in [2.45, 2.75) is 25.3 Å². The standard InChI is InChI=1S/C24H22F2N10O2/c1-33(2)21(37)13-34-10-16(9-27-34)15-5-7-20-30-31-23(35(20)11-15)24(25,26)17-6-8-19-28-18(12-36(19)32-17)29-22(38)14-3-4-14/h5-12,14H,3-4,13H2,1-2H3,(H,29,38). The number of halogens is 2. The number of carbonyl (C=O) groups is 2. The van der Waals surface area contributed by atoms with E-state index < -0.39 is 17.4 Å². The van der Waals surface area contributed by atoms with Gasteiger partial charge in [-0.1, -0.05) is 0 Å². The third kappa shape index (κ3) is 4.23. The third-order valence-electron chi connectivity index (χ3n) is 6.29. The second-order valence-electron chi connectivity index (χ2n) is 9.37. The minimum absolute atomic E-state index is 0.0198. The number of imidazole rings is 1. The molecule has 2 amide bonds. The molecule has 194 valence electrons. The summed E-state index contributed by atoms with van der Waals surface area (Å²) in [7, 11) is 3.31. The molecule has 5 aromatic heterocycles. The zero-order valence-electron chi connectivity index (χ0n) is 20.4. The molecule has 38 heavy (non-hydrogen) atoms. The SMILES string of the molecule is CN(C)C(=O)Cn1cc(-c2ccc3nnc(C(F)(F)c4ccc5nc(NC(=O)C6CC6)cn5n4)n3c2)cn1. The maximum Gasteiger partial charge on any atom is 0.350 e. The molecule has 0 radical (unpaired) electrons. The number of pyridine rings is 1. The highest BCUT2D eigenvalue weighted by molar-refractivity contribution is 5.93. The Balaban J connectivity index is 1.31. The summed E-state index contributed by atoms with van der Waals surface area (Å²) >= 11 is 0. The van der Waals surface area contributed by atoms with Crippen LogP contribution in [0.4, 0.5) is 14.6 Å². The first kappa shape index (κ1) is 23.6. The predicted octanol–water partition coefficient (Wildman–Crippen LogP) is 2.21. The van der Waals surface area contributed by atoms with Crippen molar-refractivity contribution in [3.8, 4) is 11.1 Å². The highest BCUT2D eigenvalue weighted by Gasteiger charge is 2.41. The van der Waals surface area contributed by atoms with Gasteiger partial charge in [0, 0.05) is 43.5 Å². The van der Waals surface area contributed by atoms with Crippen molar-refractivity contribution >= 4 is 28.9 Å². The van der Waals surface area contributed by atoms with Gasteiger partial charge in [0.15, 0.2) is 17.1 Å². The van der Waals surface area contributed by atoms with Crippen molar-refractivity contribution in [2.24, 2.45) is 5.92 Å². The molecule has 0 aliphatic heterocycles. The van der Waals surface area contributed by atoms with Gasteiger partial charge in [0.25, 0.3) is 0 Å². The van der Waals surface area contributed by atoms with Crippen LogP contribution < -0.4 is 5.32 Å². The second kappa shape index (κ2) is 8.68. The topological polar surface area (TPSA) is 128 Å². The van der Waals surface area contributed by atoms with Crippen LogP contribution in [-0.4, -0.2) is 69.8 Å². The van der Waals surface area contributed by atoms with Crippen LogP contribution in [0.2, 0.25) is 0 Å². The van der Waals surface area contributed by atoms with E-state index in [0.717, 1.165) is 12.8 Å². The molecule has 1 aliphatic carbocycles. The van der Waals surface area contributed by atoms with Crippen molar-refractivity contribution in [3.05, 3.63) is 60.6 Å². The molecule has 5 heterocycles. The van der Waals surface area contributed by atoms with E-state index in [-0.39, 0.29) is 35.7 Å². The molecule has 12 nitrogen and oxygen atoms in total. The predicted molar refractivity (Wildman–Crippen MR) is 130 cm³/mol. The van der Waals surface area contributed by atoms with Crippen molar-refractivity contribution in [1.29, 1.82) is 0 Å². The van der Waals surface area contributed by atoms with E-state index in [1.807, 2.05) is 0 Å². The van der Waals surface area contributed by atoms with Gasteiger partial charge in [0.1, 0.15) is 12.2 Å². The molecule has 6 rings (SSSR count). The average molecular weight is 521 g/mol. The first-order valence-electron chi connectivity index (χ1n) is 11.8. The first-order chi connectivity index (χ1) is 18.2. The van der Waals surface area contributed by atoms with E-state index in [2.05, 4.69) is 30.7 Å². The van der Waals surface area contributed by atoms with Crippen molar-refractivity contribution in [2.75, 3.05) is 19.4 Å². The summed E-state index contributed by atoms with van der Waals surface area (Å²) in [4.78, 5) is 29.7. The van der Waals surface area contributed by atoms with Gasteiger partial charge in [-0.3, -0.25) is 18.7 Å². The Labute approximate surface area is 213 Å². The summed E-state index contributed by atoms with van der Waals surface area (Å²) in [6.07, 6.45) is 7.78. The van der Waals surface area contributed by atoms with Gasteiger partial charge >= 0.3 is 5.92 Å². The number of likely N-dealkylation sites (N-methyl/N-ethyl adjacent to an activating group) is 1. The molecule has 1 saturated carbocycles. The van der Waals surface area contributed by atoms with Crippen molar-refractivity contribution in [1.82, 2.24) is 43.9 Å². The number of fused-ring (bicyclic) bond motifs is 2. The lowest BCUT2D eigenvalue weighted by molar-refractivity contribution is -0.129. The van der Waals surface area contributed by atoms with E-state index in [9.17, 15) is 9.59 Å². The number of alkyl halides is 2. The lowest BCUT2D eigenvalue weighted by Gasteiger charge is -2.14. The number of anilines is 1. The third-order valence-corrected chi connectivity index (χ3v) is 6.29. The fourth-order valence-electron chi connectivity index (χ4n) is 3.95. The Morgan fingerprint density at radius 2 is 1.84 bits per heavy atom. The summed E-state index contributed by atoms with van der Waals surface area (Å²) in [5.74, 6) is -4.25. The first-order valence-corrected chi connectivity index (χ1v) is 11.8. The molecule has 0 spiro atoms. The summed E-state index contributed by atoms with van der Waals surface area (Å²) in [6, 6.07) is 5.87. The number of carbonyl (C=O) groups excluding carboxylic acids is 2. The number of rotatable bonds is 7. The number of nitrogens with zero attached hydrogens (tertiary/aromatic N) is 9. The number of hydrogen-bond acceptors (Lipinski definition) is 7. The number of hydrogen-bond donors (Lipinski definition) is 1. The Hall–Kier alpha value is -4.75. The van der Waals surface area contributed by atoms with Crippen LogP contribution in [0.25, 0.3) is 22.4 Å². The molecule has 14 heteroatoms. The van der Waals surface area contributed by atoms with Crippen LogP contribution in [0.3, 0.4) is 0 Å². The van der Waals surface area contributed by atoms with Crippen molar-refractivity contribution < 1.29 is 18.4 Å². The summed E-state index contributed by atoms with van der Waals surface area (Å²) < 4.78 is 35.3. The smallest absolute Gasteiger partial charge is 0.347 e. The normalized spacial score (nSPS) is 13.8. The van der Waals surface area contributed by atoms with Gasteiger partial charge in [-0.05, 0) is 37.1 Å². The minimum Gasteiger partial charge on any atom is -0.347 e. The van der Waals surface area contributed by atoms with Crippen LogP contribution in [0, 0.1) is 5.92 Å². The fraction of sp³-hybridized carbons (Fsp3) is 0.292. The second-order valence-corrected chi connectivity index (χ2v) is 9.37. The van der Waals surface area contributed by atoms with Gasteiger partial charge in [-0.2, -0.15) is 19.0 Å². The Kier molecular flexibility index (Phi) is 5.40. The van der Waals surface area contributed by atoms with Gasteiger partial charge in [-0.15, -0.1) is 10.2 Å². The molecular formula is C24H22F2N10O2. The monoisotopic (exact) mass is 520 g/mol. The molecule has 0 bridgehead atoms. The molecule has 0 aromatic carbocycles. The lowest BCUT2D eigenvalue weighted by atomic mass is 10.1. The van der Waals surface area contributed by atoms with Crippen LogP contribution in [-0.2, 0) is 22.1 Å². The largest absolute Gasteiger partial charge is 0.350 e. The molecule has 5 aromatic rings. The Morgan fingerprint density at radius 1 is 1.05 bits per heavy atom. The summed E-state index contributed by atoms with van der Waals surface area (Å²) in [5, 5.41) is 18.6. The summed E-state index contributed by atoms with van der Waals surface area (Å²) in [6.45, 7) is 0.0551. The zero-order chi connectivity index (χ0) is 26.6.